The van der Waals surface area contributed by atoms with E-state index in [0.717, 1.165) is 10.8 Å². The van der Waals surface area contributed by atoms with Crippen molar-refractivity contribution in [3.8, 4) is 5.75 Å². The first-order valence-electron chi connectivity index (χ1n) is 6.14. The van der Waals surface area contributed by atoms with E-state index in [1.54, 1.807) is 6.07 Å². The van der Waals surface area contributed by atoms with E-state index in [2.05, 4.69) is 0 Å². The number of carbonyl (C=O) groups excluding carboxylic acids is 2. The standard InChI is InChI=1S/C15H12O5/c1-8(16)18-14-12-7-6-10-4-3-5-11(10)13(12)20-15(14)19-9(2)17/h3-7,15H,1-2H3. The number of hydrogen-bond donors (Lipinski definition) is 0. The molecule has 1 atom stereocenters. The summed E-state index contributed by atoms with van der Waals surface area (Å²) in [6, 6.07) is 3.69. The summed E-state index contributed by atoms with van der Waals surface area (Å²) in [6.45, 7) is 2.56. The van der Waals surface area contributed by atoms with Crippen LogP contribution in [0.5, 0.6) is 5.75 Å². The summed E-state index contributed by atoms with van der Waals surface area (Å²) in [5.74, 6) is -0.219. The number of ether oxygens (including phenoxy) is 3. The third-order valence-corrected chi connectivity index (χ3v) is 3.00. The van der Waals surface area contributed by atoms with E-state index in [1.165, 1.54) is 13.8 Å². The smallest absolute Gasteiger partial charge is 0.308 e. The van der Waals surface area contributed by atoms with Gasteiger partial charge in [-0.1, -0.05) is 24.3 Å². The minimum absolute atomic E-state index is 0.214. The number of allylic oxidation sites excluding steroid dienone is 1. The van der Waals surface area contributed by atoms with Crippen molar-refractivity contribution in [2.24, 2.45) is 0 Å². The van der Waals surface area contributed by atoms with Gasteiger partial charge >= 0.3 is 18.2 Å². The van der Waals surface area contributed by atoms with Gasteiger partial charge in [0.15, 0.2) is 5.76 Å². The highest BCUT2D eigenvalue weighted by atomic mass is 16.7. The van der Waals surface area contributed by atoms with Crippen LogP contribution in [0.25, 0.3) is 17.9 Å². The van der Waals surface area contributed by atoms with E-state index in [-0.39, 0.29) is 5.76 Å². The third kappa shape index (κ3) is 1.97. The molecule has 0 fully saturated rings. The first kappa shape index (κ1) is 12.5. The summed E-state index contributed by atoms with van der Waals surface area (Å²) in [5.41, 5.74) is 0.891. The maximum Gasteiger partial charge on any atom is 0.308 e. The van der Waals surface area contributed by atoms with Crippen LogP contribution in [-0.4, -0.2) is 18.2 Å². The summed E-state index contributed by atoms with van der Waals surface area (Å²) in [7, 11) is 0. The SMILES string of the molecule is CC(=O)OC1=c2ccc3c(c2OC1OC(C)=O)C=CC=3. The van der Waals surface area contributed by atoms with Gasteiger partial charge in [0.25, 0.3) is 0 Å². The fraction of sp³-hybridized carbons (Fsp3) is 0.200. The molecular weight excluding hydrogens is 260 g/mol. The predicted molar refractivity (Wildman–Crippen MR) is 70.5 cm³/mol. The average Bonchev–Trinajstić information content (AvgIpc) is 2.93. The van der Waals surface area contributed by atoms with Gasteiger partial charge in [-0.05, 0) is 11.3 Å². The quantitative estimate of drug-likeness (QED) is 0.731. The molecule has 0 saturated heterocycles. The molecular formula is C15H12O5. The predicted octanol–water partition coefficient (Wildman–Crippen LogP) is 0.447. The van der Waals surface area contributed by atoms with Gasteiger partial charge in [0, 0.05) is 19.4 Å². The fourth-order valence-electron chi connectivity index (χ4n) is 2.27. The molecule has 0 spiro atoms. The topological polar surface area (TPSA) is 61.8 Å². The second kappa shape index (κ2) is 4.52. The summed E-state index contributed by atoms with van der Waals surface area (Å²) in [6.07, 6.45) is 4.73. The second-order valence-corrected chi connectivity index (χ2v) is 4.49. The molecule has 1 heterocycles. The Kier molecular flexibility index (Phi) is 2.82. The van der Waals surface area contributed by atoms with Gasteiger partial charge in [-0.3, -0.25) is 9.59 Å². The van der Waals surface area contributed by atoms with Crippen LogP contribution in [0.3, 0.4) is 0 Å². The average molecular weight is 272 g/mol. The van der Waals surface area contributed by atoms with Crippen molar-refractivity contribution in [2.75, 3.05) is 0 Å². The Morgan fingerprint density at radius 1 is 1.20 bits per heavy atom. The molecule has 20 heavy (non-hydrogen) atoms. The molecule has 102 valence electrons. The highest BCUT2D eigenvalue weighted by Crippen LogP contribution is 2.26. The van der Waals surface area contributed by atoms with Crippen molar-refractivity contribution in [3.63, 3.8) is 0 Å². The van der Waals surface area contributed by atoms with E-state index in [1.807, 2.05) is 24.3 Å². The van der Waals surface area contributed by atoms with Gasteiger partial charge in [-0.2, -0.15) is 0 Å². The minimum atomic E-state index is -1.02. The summed E-state index contributed by atoms with van der Waals surface area (Å²) >= 11 is 0. The molecule has 0 aromatic heterocycles. The van der Waals surface area contributed by atoms with Crippen molar-refractivity contribution < 1.29 is 23.8 Å². The second-order valence-electron chi connectivity index (χ2n) is 4.49. The molecule has 0 amide bonds. The Bertz CT molecular complexity index is 757. The maximum atomic E-state index is 11.2. The molecule has 5 heteroatoms. The fourth-order valence-corrected chi connectivity index (χ4v) is 2.27. The van der Waals surface area contributed by atoms with Gasteiger partial charge in [-0.25, -0.2) is 0 Å². The zero-order valence-corrected chi connectivity index (χ0v) is 11.0. The lowest BCUT2D eigenvalue weighted by molar-refractivity contribution is -0.157. The Hall–Kier alpha value is -2.56. The molecule has 2 aliphatic rings. The molecule has 1 aromatic rings. The van der Waals surface area contributed by atoms with E-state index in [9.17, 15) is 9.59 Å². The zero-order valence-electron chi connectivity index (χ0n) is 11.0. The van der Waals surface area contributed by atoms with Gasteiger partial charge in [0.05, 0.1) is 5.22 Å². The Morgan fingerprint density at radius 2 is 2.00 bits per heavy atom. The van der Waals surface area contributed by atoms with Crippen molar-refractivity contribution in [3.05, 3.63) is 34.2 Å². The molecule has 3 rings (SSSR count). The van der Waals surface area contributed by atoms with Gasteiger partial charge in [0.1, 0.15) is 5.75 Å². The third-order valence-electron chi connectivity index (χ3n) is 3.00. The molecule has 0 N–H and O–H groups in total. The number of fused-ring (bicyclic) bond motifs is 3. The van der Waals surface area contributed by atoms with Crippen LogP contribution in [0.15, 0.2) is 18.2 Å². The lowest BCUT2D eigenvalue weighted by Gasteiger charge is -2.14. The maximum absolute atomic E-state index is 11.2. The summed E-state index contributed by atoms with van der Waals surface area (Å²) in [4.78, 5) is 22.4. The largest absolute Gasteiger partial charge is 0.446 e. The molecule has 1 aliphatic carbocycles. The highest BCUT2D eigenvalue weighted by molar-refractivity contribution is 5.77. The molecule has 0 bridgehead atoms. The first-order chi connectivity index (χ1) is 9.56. The molecule has 1 aromatic carbocycles. The Morgan fingerprint density at radius 3 is 2.70 bits per heavy atom. The van der Waals surface area contributed by atoms with Gasteiger partial charge in [0.2, 0.25) is 0 Å². The number of esters is 2. The molecule has 1 unspecified atom stereocenters. The van der Waals surface area contributed by atoms with E-state index in [4.69, 9.17) is 14.2 Å². The van der Waals surface area contributed by atoms with E-state index in [0.29, 0.717) is 11.0 Å². The lowest BCUT2D eigenvalue weighted by atomic mass is 10.1. The monoisotopic (exact) mass is 272 g/mol. The van der Waals surface area contributed by atoms with Crippen LogP contribution in [-0.2, 0) is 19.1 Å². The highest BCUT2D eigenvalue weighted by Gasteiger charge is 2.32. The van der Waals surface area contributed by atoms with E-state index >= 15 is 0 Å². The number of rotatable bonds is 2. The first-order valence-corrected chi connectivity index (χ1v) is 6.14. The minimum Gasteiger partial charge on any atom is -0.446 e. The van der Waals surface area contributed by atoms with Crippen LogP contribution in [0.2, 0.25) is 0 Å². The Balaban J connectivity index is 2.15. The van der Waals surface area contributed by atoms with Crippen LogP contribution in [0, 0.1) is 0 Å². The van der Waals surface area contributed by atoms with Gasteiger partial charge < -0.3 is 14.2 Å². The van der Waals surface area contributed by atoms with Crippen LogP contribution in [0.4, 0.5) is 0 Å². The molecule has 0 radical (unpaired) electrons. The van der Waals surface area contributed by atoms with Gasteiger partial charge in [-0.15, -0.1) is 0 Å². The Labute approximate surface area is 114 Å². The van der Waals surface area contributed by atoms with Crippen LogP contribution >= 0.6 is 0 Å². The molecule has 5 nitrogen and oxygen atoms in total. The van der Waals surface area contributed by atoms with Crippen molar-refractivity contribution in [2.45, 2.75) is 20.1 Å². The summed E-state index contributed by atoms with van der Waals surface area (Å²) in [5, 5.41) is 1.64. The van der Waals surface area contributed by atoms with Crippen LogP contribution < -0.4 is 15.2 Å². The van der Waals surface area contributed by atoms with Crippen molar-refractivity contribution >= 4 is 29.8 Å². The number of carbonyl (C=O) groups is 2. The van der Waals surface area contributed by atoms with Crippen LogP contribution in [0.1, 0.15) is 19.4 Å². The lowest BCUT2D eigenvalue weighted by Crippen LogP contribution is -2.24. The van der Waals surface area contributed by atoms with E-state index < -0.39 is 18.2 Å². The summed E-state index contributed by atoms with van der Waals surface area (Å²) < 4.78 is 15.9. The number of benzene rings is 1. The number of hydrogen-bond acceptors (Lipinski definition) is 5. The normalized spacial score (nSPS) is 17.9. The molecule has 0 saturated carbocycles. The molecule has 1 aliphatic heterocycles. The zero-order chi connectivity index (χ0) is 14.3. The van der Waals surface area contributed by atoms with Crippen molar-refractivity contribution in [1.29, 1.82) is 0 Å². The van der Waals surface area contributed by atoms with Crippen molar-refractivity contribution in [1.82, 2.24) is 0 Å².